The van der Waals surface area contributed by atoms with E-state index in [0.29, 0.717) is 6.54 Å². The van der Waals surface area contributed by atoms with E-state index in [1.807, 2.05) is 6.07 Å². The highest BCUT2D eigenvalue weighted by Gasteiger charge is 2.19. The molecular formula is C16H26N2O2. The van der Waals surface area contributed by atoms with Crippen LogP contribution < -0.4 is 0 Å². The fourth-order valence-electron chi connectivity index (χ4n) is 2.66. The van der Waals surface area contributed by atoms with E-state index in [1.165, 1.54) is 11.1 Å². The van der Waals surface area contributed by atoms with Gasteiger partial charge in [0.25, 0.3) is 0 Å². The van der Waals surface area contributed by atoms with Gasteiger partial charge in [0.2, 0.25) is 0 Å². The Morgan fingerprint density at radius 2 is 1.70 bits per heavy atom. The number of β-amino-alcohol motifs (C(OH)–C–C–N with tert-alkyl or cyclic N) is 2. The van der Waals surface area contributed by atoms with Crippen LogP contribution in [0.15, 0.2) is 18.2 Å². The molecule has 1 aliphatic rings. The van der Waals surface area contributed by atoms with Crippen LogP contribution in [0.1, 0.15) is 22.8 Å². The van der Waals surface area contributed by atoms with E-state index in [1.54, 1.807) is 0 Å². The highest BCUT2D eigenvalue weighted by atomic mass is 16.3. The predicted molar refractivity (Wildman–Crippen MR) is 80.8 cm³/mol. The molecule has 1 saturated heterocycles. The van der Waals surface area contributed by atoms with E-state index < -0.39 is 6.10 Å². The molecule has 0 bridgehead atoms. The second kappa shape index (κ2) is 7.18. The molecule has 1 atom stereocenters. The summed E-state index contributed by atoms with van der Waals surface area (Å²) in [6.45, 7) is 9.71. The van der Waals surface area contributed by atoms with E-state index in [0.717, 1.165) is 38.3 Å². The Morgan fingerprint density at radius 3 is 2.30 bits per heavy atom. The first kappa shape index (κ1) is 15.4. The van der Waals surface area contributed by atoms with Crippen molar-refractivity contribution in [1.82, 2.24) is 9.80 Å². The molecule has 20 heavy (non-hydrogen) atoms. The molecule has 1 aromatic carbocycles. The summed E-state index contributed by atoms with van der Waals surface area (Å²) in [5, 5.41) is 19.3. The van der Waals surface area contributed by atoms with Gasteiger partial charge in [0, 0.05) is 39.3 Å². The monoisotopic (exact) mass is 278 g/mol. The van der Waals surface area contributed by atoms with Gasteiger partial charge in [-0.2, -0.15) is 0 Å². The lowest BCUT2D eigenvalue weighted by Gasteiger charge is -2.35. The maximum absolute atomic E-state index is 10.4. The second-order valence-corrected chi connectivity index (χ2v) is 5.73. The van der Waals surface area contributed by atoms with E-state index in [9.17, 15) is 5.11 Å². The minimum absolute atomic E-state index is 0.227. The summed E-state index contributed by atoms with van der Waals surface area (Å²) in [5.74, 6) is 0. The van der Waals surface area contributed by atoms with Crippen LogP contribution in [0.5, 0.6) is 0 Å². The molecule has 2 rings (SSSR count). The molecule has 1 fully saturated rings. The molecule has 4 heteroatoms. The largest absolute Gasteiger partial charge is 0.395 e. The predicted octanol–water partition coefficient (Wildman–Crippen LogP) is 0.947. The molecule has 0 spiro atoms. The van der Waals surface area contributed by atoms with E-state index in [4.69, 9.17) is 5.11 Å². The Bertz CT molecular complexity index is 428. The number of aryl methyl sites for hydroxylation is 2. The highest BCUT2D eigenvalue weighted by Crippen LogP contribution is 2.18. The fourth-order valence-corrected chi connectivity index (χ4v) is 2.66. The third kappa shape index (κ3) is 4.03. The summed E-state index contributed by atoms with van der Waals surface area (Å²) >= 11 is 0. The molecule has 0 amide bonds. The molecule has 0 saturated carbocycles. The van der Waals surface area contributed by atoms with Gasteiger partial charge >= 0.3 is 0 Å². The summed E-state index contributed by atoms with van der Waals surface area (Å²) < 4.78 is 0. The van der Waals surface area contributed by atoms with Gasteiger partial charge in [-0.3, -0.25) is 9.80 Å². The molecule has 0 aromatic heterocycles. The van der Waals surface area contributed by atoms with Crippen LogP contribution in [-0.4, -0.2) is 65.9 Å². The lowest BCUT2D eigenvalue weighted by atomic mass is 10.0. The molecule has 1 aromatic rings. The van der Waals surface area contributed by atoms with Crippen molar-refractivity contribution >= 4 is 0 Å². The Morgan fingerprint density at radius 1 is 1.05 bits per heavy atom. The summed E-state index contributed by atoms with van der Waals surface area (Å²) in [5.41, 5.74) is 3.50. The van der Waals surface area contributed by atoms with Crippen LogP contribution in [-0.2, 0) is 0 Å². The van der Waals surface area contributed by atoms with E-state index in [2.05, 4.69) is 35.8 Å². The van der Waals surface area contributed by atoms with Crippen molar-refractivity contribution in [2.24, 2.45) is 0 Å². The zero-order valence-electron chi connectivity index (χ0n) is 12.5. The SMILES string of the molecule is Cc1ccc([C@@H](O)CN2CCN(CCO)CC2)cc1C. The van der Waals surface area contributed by atoms with Crippen LogP contribution in [0.4, 0.5) is 0 Å². The molecule has 4 nitrogen and oxygen atoms in total. The van der Waals surface area contributed by atoms with Gasteiger partial charge in [0.05, 0.1) is 12.7 Å². The van der Waals surface area contributed by atoms with Gasteiger partial charge in [0.15, 0.2) is 0 Å². The first-order chi connectivity index (χ1) is 9.60. The number of piperazine rings is 1. The van der Waals surface area contributed by atoms with Crippen molar-refractivity contribution in [3.8, 4) is 0 Å². The Hall–Kier alpha value is -0.940. The lowest BCUT2D eigenvalue weighted by molar-refractivity contribution is 0.0661. The van der Waals surface area contributed by atoms with Crippen LogP contribution in [0.25, 0.3) is 0 Å². The standard InChI is InChI=1S/C16H26N2O2/c1-13-3-4-15(11-14(13)2)16(20)12-18-7-5-17(6-8-18)9-10-19/h3-4,11,16,19-20H,5-10,12H2,1-2H3/t16-/m0/s1. The zero-order valence-corrected chi connectivity index (χ0v) is 12.5. The maximum Gasteiger partial charge on any atom is 0.0917 e. The van der Waals surface area contributed by atoms with Crippen molar-refractivity contribution in [1.29, 1.82) is 0 Å². The summed E-state index contributed by atoms with van der Waals surface area (Å²) in [4.78, 5) is 4.56. The number of aliphatic hydroxyl groups excluding tert-OH is 2. The van der Waals surface area contributed by atoms with Crippen molar-refractivity contribution in [2.75, 3.05) is 45.9 Å². The van der Waals surface area contributed by atoms with Gasteiger partial charge < -0.3 is 10.2 Å². The van der Waals surface area contributed by atoms with E-state index in [-0.39, 0.29) is 6.61 Å². The van der Waals surface area contributed by atoms with Crippen LogP contribution in [0.3, 0.4) is 0 Å². The number of nitrogens with zero attached hydrogens (tertiary/aromatic N) is 2. The summed E-state index contributed by atoms with van der Waals surface area (Å²) in [6, 6.07) is 6.18. The molecular weight excluding hydrogens is 252 g/mol. The molecule has 0 radical (unpaired) electrons. The number of rotatable bonds is 5. The average Bonchev–Trinajstić information content (AvgIpc) is 2.44. The minimum Gasteiger partial charge on any atom is -0.395 e. The molecule has 0 unspecified atom stereocenters. The van der Waals surface area contributed by atoms with Crippen LogP contribution in [0.2, 0.25) is 0 Å². The van der Waals surface area contributed by atoms with Crippen molar-refractivity contribution < 1.29 is 10.2 Å². The van der Waals surface area contributed by atoms with Gasteiger partial charge in [-0.25, -0.2) is 0 Å². The van der Waals surface area contributed by atoms with Crippen LogP contribution >= 0.6 is 0 Å². The first-order valence-corrected chi connectivity index (χ1v) is 7.41. The normalized spacial score (nSPS) is 19.2. The number of benzene rings is 1. The summed E-state index contributed by atoms with van der Waals surface area (Å²) in [7, 11) is 0. The van der Waals surface area contributed by atoms with Gasteiger partial charge in [-0.15, -0.1) is 0 Å². The third-order valence-corrected chi connectivity index (χ3v) is 4.23. The Balaban J connectivity index is 1.85. The molecule has 2 N–H and O–H groups in total. The quantitative estimate of drug-likeness (QED) is 0.842. The molecule has 1 aliphatic heterocycles. The topological polar surface area (TPSA) is 46.9 Å². The zero-order chi connectivity index (χ0) is 14.5. The summed E-state index contributed by atoms with van der Waals surface area (Å²) in [6.07, 6.45) is -0.418. The van der Waals surface area contributed by atoms with Crippen LogP contribution in [0, 0.1) is 13.8 Å². The molecule has 0 aliphatic carbocycles. The van der Waals surface area contributed by atoms with E-state index >= 15 is 0 Å². The van der Waals surface area contributed by atoms with Crippen molar-refractivity contribution in [2.45, 2.75) is 20.0 Å². The van der Waals surface area contributed by atoms with Gasteiger partial charge in [-0.05, 0) is 30.5 Å². The third-order valence-electron chi connectivity index (χ3n) is 4.23. The second-order valence-electron chi connectivity index (χ2n) is 5.73. The Labute approximate surface area is 121 Å². The molecule has 112 valence electrons. The first-order valence-electron chi connectivity index (χ1n) is 7.41. The number of hydrogen-bond acceptors (Lipinski definition) is 4. The van der Waals surface area contributed by atoms with Crippen molar-refractivity contribution in [3.63, 3.8) is 0 Å². The smallest absolute Gasteiger partial charge is 0.0917 e. The molecule has 1 heterocycles. The van der Waals surface area contributed by atoms with Gasteiger partial charge in [0.1, 0.15) is 0 Å². The highest BCUT2D eigenvalue weighted by molar-refractivity contribution is 5.31. The number of hydrogen-bond donors (Lipinski definition) is 2. The van der Waals surface area contributed by atoms with Crippen molar-refractivity contribution in [3.05, 3.63) is 34.9 Å². The fraction of sp³-hybridized carbons (Fsp3) is 0.625. The average molecular weight is 278 g/mol. The lowest BCUT2D eigenvalue weighted by Crippen LogP contribution is -2.48. The minimum atomic E-state index is -0.418. The van der Waals surface area contributed by atoms with Gasteiger partial charge in [-0.1, -0.05) is 18.2 Å². The maximum atomic E-state index is 10.4. The Kier molecular flexibility index (Phi) is 5.54. The number of aliphatic hydroxyl groups is 2.